The van der Waals surface area contributed by atoms with Gasteiger partial charge in [0.15, 0.2) is 6.10 Å². The van der Waals surface area contributed by atoms with Crippen LogP contribution in [0.4, 0.5) is 0 Å². The van der Waals surface area contributed by atoms with E-state index < -0.39 is 32.5 Å². The minimum Gasteiger partial charge on any atom is -0.462 e. The molecule has 0 radical (unpaired) electrons. The highest BCUT2D eigenvalue weighted by Crippen LogP contribution is 2.43. The Morgan fingerprint density at radius 2 is 0.833 bits per heavy atom. The molecule has 0 rings (SSSR count). The highest BCUT2D eigenvalue weighted by molar-refractivity contribution is 7.47. The second kappa shape index (κ2) is 50.8. The standard InChI is InChI=1S/C56H92NO8P/c1-3-5-7-9-11-13-15-16-17-18-19-20-21-22-23-24-25-26-27-28-29-30-31-32-33-34-35-36-37-38-39-41-43-45-47-49-56(59)65-54(53-64-66(60,61)63-51-50-57)52-62-55(58)48-46-44-42-40-14-12-10-8-6-4-2/h5,7,11,13,16-17,19-20,22-23,25-26,28-29,31-32,34-35,37-38,54H,3-4,6,8-10,12,14-15,18,21,24,27,30,33,36,39-53,57H2,1-2H3,(H,60,61)/b7-5-,13-11-,17-16-,20-19-,23-22-,26-25-,29-28-,32-31-,35-34-,38-37-. The Morgan fingerprint density at radius 1 is 0.470 bits per heavy atom. The van der Waals surface area contributed by atoms with Crippen LogP contribution in [0.2, 0.25) is 0 Å². The summed E-state index contributed by atoms with van der Waals surface area (Å²) in [6.45, 7) is 3.55. The molecule has 0 aliphatic heterocycles. The van der Waals surface area contributed by atoms with E-state index in [1.54, 1.807) is 0 Å². The van der Waals surface area contributed by atoms with E-state index in [1.165, 1.54) is 44.9 Å². The Kier molecular flexibility index (Phi) is 48.1. The molecule has 0 bridgehead atoms. The van der Waals surface area contributed by atoms with Gasteiger partial charge in [0.25, 0.3) is 0 Å². The molecule has 374 valence electrons. The lowest BCUT2D eigenvalue weighted by Gasteiger charge is -2.19. The molecule has 9 nitrogen and oxygen atoms in total. The number of allylic oxidation sites excluding steroid dienone is 20. The molecule has 0 fully saturated rings. The van der Waals surface area contributed by atoms with Crippen LogP contribution in [-0.2, 0) is 32.7 Å². The van der Waals surface area contributed by atoms with Crippen LogP contribution in [-0.4, -0.2) is 49.3 Å². The fourth-order valence-corrected chi connectivity index (χ4v) is 7.13. The topological polar surface area (TPSA) is 134 Å². The van der Waals surface area contributed by atoms with Crippen LogP contribution in [0.3, 0.4) is 0 Å². The minimum absolute atomic E-state index is 0.0434. The zero-order valence-electron chi connectivity index (χ0n) is 41.4. The molecule has 0 aromatic carbocycles. The maximum absolute atomic E-state index is 12.6. The van der Waals surface area contributed by atoms with Crippen molar-refractivity contribution < 1.29 is 37.6 Å². The van der Waals surface area contributed by atoms with Crippen molar-refractivity contribution in [3.05, 3.63) is 122 Å². The summed E-state index contributed by atoms with van der Waals surface area (Å²) in [6, 6.07) is 0. The van der Waals surface area contributed by atoms with Gasteiger partial charge in [0, 0.05) is 19.4 Å². The van der Waals surface area contributed by atoms with Gasteiger partial charge in [0.1, 0.15) is 6.61 Å². The number of hydrogen-bond acceptors (Lipinski definition) is 8. The van der Waals surface area contributed by atoms with E-state index >= 15 is 0 Å². The van der Waals surface area contributed by atoms with Gasteiger partial charge in [-0.15, -0.1) is 0 Å². The summed E-state index contributed by atoms with van der Waals surface area (Å²) >= 11 is 0. The van der Waals surface area contributed by atoms with Gasteiger partial charge in [-0.3, -0.25) is 18.6 Å². The predicted molar refractivity (Wildman–Crippen MR) is 279 cm³/mol. The van der Waals surface area contributed by atoms with Crippen molar-refractivity contribution in [3.63, 3.8) is 0 Å². The van der Waals surface area contributed by atoms with E-state index in [2.05, 4.69) is 135 Å². The van der Waals surface area contributed by atoms with E-state index in [1.807, 2.05) is 0 Å². The first kappa shape index (κ1) is 62.4. The number of nitrogens with two attached hydrogens (primary N) is 1. The molecular formula is C56H92NO8P. The molecule has 0 aromatic heterocycles. The van der Waals surface area contributed by atoms with Gasteiger partial charge in [0.05, 0.1) is 13.2 Å². The van der Waals surface area contributed by atoms with Gasteiger partial charge in [0.2, 0.25) is 0 Å². The summed E-state index contributed by atoms with van der Waals surface area (Å²) in [5.74, 6) is -0.868. The van der Waals surface area contributed by atoms with Crippen LogP contribution in [0, 0.1) is 0 Å². The predicted octanol–water partition coefficient (Wildman–Crippen LogP) is 15.7. The largest absolute Gasteiger partial charge is 0.472 e. The zero-order valence-corrected chi connectivity index (χ0v) is 42.3. The van der Waals surface area contributed by atoms with Gasteiger partial charge in [-0.2, -0.15) is 0 Å². The fraction of sp³-hybridized carbons (Fsp3) is 0.607. The zero-order chi connectivity index (χ0) is 48.1. The third-order valence-corrected chi connectivity index (χ3v) is 11.1. The Bertz CT molecular complexity index is 1490. The molecule has 66 heavy (non-hydrogen) atoms. The summed E-state index contributed by atoms with van der Waals surface area (Å²) in [7, 11) is -4.39. The lowest BCUT2D eigenvalue weighted by molar-refractivity contribution is -0.161. The van der Waals surface area contributed by atoms with Crippen molar-refractivity contribution in [1.82, 2.24) is 0 Å². The Morgan fingerprint density at radius 3 is 1.24 bits per heavy atom. The van der Waals surface area contributed by atoms with Crippen molar-refractivity contribution in [2.24, 2.45) is 5.73 Å². The van der Waals surface area contributed by atoms with Gasteiger partial charge < -0.3 is 20.1 Å². The molecule has 0 saturated carbocycles. The number of ether oxygens (including phenoxy) is 2. The summed E-state index contributed by atoms with van der Waals surface area (Å²) in [5, 5.41) is 0. The molecule has 0 spiro atoms. The summed E-state index contributed by atoms with van der Waals surface area (Å²) in [6.07, 6.45) is 69.7. The van der Waals surface area contributed by atoms with Crippen molar-refractivity contribution in [2.75, 3.05) is 26.4 Å². The van der Waals surface area contributed by atoms with Crippen LogP contribution < -0.4 is 5.73 Å². The van der Waals surface area contributed by atoms with Crippen molar-refractivity contribution >= 4 is 19.8 Å². The Hall–Kier alpha value is -3.59. The maximum Gasteiger partial charge on any atom is 0.472 e. The van der Waals surface area contributed by atoms with Crippen LogP contribution in [0.1, 0.15) is 187 Å². The second-order valence-corrected chi connectivity index (χ2v) is 17.8. The van der Waals surface area contributed by atoms with Crippen molar-refractivity contribution in [3.8, 4) is 0 Å². The fourth-order valence-electron chi connectivity index (χ4n) is 6.37. The van der Waals surface area contributed by atoms with E-state index in [4.69, 9.17) is 24.3 Å². The Labute approximate surface area is 402 Å². The first-order chi connectivity index (χ1) is 32.3. The highest BCUT2D eigenvalue weighted by atomic mass is 31.2. The quantitative estimate of drug-likeness (QED) is 0.0265. The molecular weight excluding hydrogens is 846 g/mol. The molecule has 0 saturated heterocycles. The second-order valence-electron chi connectivity index (χ2n) is 16.3. The molecule has 3 N–H and O–H groups in total. The van der Waals surface area contributed by atoms with Crippen LogP contribution >= 0.6 is 7.82 Å². The van der Waals surface area contributed by atoms with Crippen LogP contribution in [0.5, 0.6) is 0 Å². The summed E-state index contributed by atoms with van der Waals surface area (Å²) in [5.41, 5.74) is 5.35. The number of phosphoric ester groups is 1. The van der Waals surface area contributed by atoms with E-state index in [0.29, 0.717) is 6.42 Å². The number of rotatable bonds is 46. The van der Waals surface area contributed by atoms with Gasteiger partial charge in [-0.1, -0.05) is 206 Å². The molecule has 0 amide bonds. The van der Waals surface area contributed by atoms with E-state index in [9.17, 15) is 19.0 Å². The SMILES string of the molecule is CC/C=C\C/C=C\C/C=C\C/C=C\C/C=C\C/C=C\C/C=C\C/C=C\C/C=C\C/C=C\CCCCCCC(=O)OC(COC(=O)CCCCCCCCCCCC)COP(=O)(O)OCCN. The Balaban J connectivity index is 4.08. The van der Waals surface area contributed by atoms with Crippen molar-refractivity contribution in [1.29, 1.82) is 0 Å². The lowest BCUT2D eigenvalue weighted by atomic mass is 10.1. The summed E-state index contributed by atoms with van der Waals surface area (Å²) in [4.78, 5) is 34.9. The average molecular weight is 938 g/mol. The first-order valence-corrected chi connectivity index (χ1v) is 27.0. The molecule has 0 aromatic rings. The van der Waals surface area contributed by atoms with E-state index in [-0.39, 0.29) is 32.6 Å². The molecule has 10 heteroatoms. The first-order valence-electron chi connectivity index (χ1n) is 25.5. The third-order valence-electron chi connectivity index (χ3n) is 10.1. The molecule has 2 unspecified atom stereocenters. The molecule has 0 heterocycles. The molecule has 2 atom stereocenters. The van der Waals surface area contributed by atoms with Crippen molar-refractivity contribution in [2.45, 2.75) is 193 Å². The highest BCUT2D eigenvalue weighted by Gasteiger charge is 2.26. The number of carbonyl (C=O) groups is 2. The molecule has 0 aliphatic rings. The number of phosphoric acid groups is 1. The molecule has 0 aliphatic carbocycles. The monoisotopic (exact) mass is 938 g/mol. The lowest BCUT2D eigenvalue weighted by Crippen LogP contribution is -2.29. The number of carbonyl (C=O) groups excluding carboxylic acids is 2. The van der Waals surface area contributed by atoms with Gasteiger partial charge in [-0.25, -0.2) is 4.57 Å². The number of unbranched alkanes of at least 4 members (excludes halogenated alkanes) is 13. The number of esters is 2. The minimum atomic E-state index is -4.39. The van der Waals surface area contributed by atoms with Gasteiger partial charge in [-0.05, 0) is 89.9 Å². The van der Waals surface area contributed by atoms with Gasteiger partial charge >= 0.3 is 19.8 Å². The van der Waals surface area contributed by atoms with Crippen LogP contribution in [0.15, 0.2) is 122 Å². The maximum atomic E-state index is 12.6. The number of hydrogen-bond donors (Lipinski definition) is 2. The normalized spacial score (nSPS) is 14.2. The average Bonchev–Trinajstić information content (AvgIpc) is 3.31. The summed E-state index contributed by atoms with van der Waals surface area (Å²) < 4.78 is 32.8. The third kappa shape index (κ3) is 49.8. The van der Waals surface area contributed by atoms with E-state index in [0.717, 1.165) is 109 Å². The smallest absolute Gasteiger partial charge is 0.462 e. The van der Waals surface area contributed by atoms with Crippen LogP contribution in [0.25, 0.3) is 0 Å².